The molecule has 0 bridgehead atoms. The molecule has 0 saturated heterocycles. The maximum atomic E-state index is 13.2. The van der Waals surface area contributed by atoms with E-state index in [-0.39, 0.29) is 13.2 Å². The van der Waals surface area contributed by atoms with Crippen LogP contribution < -0.4 is 0 Å². The average Bonchev–Trinajstić information content (AvgIpc) is 2.50. The van der Waals surface area contributed by atoms with Crippen LogP contribution in [0.25, 0.3) is 0 Å². The first-order valence-corrected chi connectivity index (χ1v) is 6.32. The number of ether oxygens (including phenoxy) is 1. The number of halogens is 2. The Morgan fingerprint density at radius 2 is 1.22 bits per heavy atom. The Balaban J connectivity index is 2.03. The van der Waals surface area contributed by atoms with Crippen molar-refractivity contribution in [1.82, 2.24) is 0 Å². The number of benzene rings is 2. The minimum Gasteiger partial charge on any atom is -0.372 e. The molecule has 23 heavy (non-hydrogen) atoms. The maximum Gasteiger partial charge on any atom is 0.305 e. The molecule has 0 spiro atoms. The molecule has 7 nitrogen and oxygen atoms in total. The van der Waals surface area contributed by atoms with Gasteiger partial charge in [0, 0.05) is 12.1 Å². The lowest BCUT2D eigenvalue weighted by molar-refractivity contribution is -0.387. The third kappa shape index (κ3) is 4.04. The van der Waals surface area contributed by atoms with Crippen LogP contribution in [-0.2, 0) is 18.0 Å². The van der Waals surface area contributed by atoms with E-state index in [0.29, 0.717) is 11.1 Å². The zero-order valence-corrected chi connectivity index (χ0v) is 11.6. The normalized spacial score (nSPS) is 10.5. The van der Waals surface area contributed by atoms with Gasteiger partial charge in [-0.1, -0.05) is 12.1 Å². The highest BCUT2D eigenvalue weighted by atomic mass is 19.1. The van der Waals surface area contributed by atoms with Gasteiger partial charge in [0.25, 0.3) is 0 Å². The number of nitrogens with zero attached hydrogens (tertiary/aromatic N) is 2. The van der Waals surface area contributed by atoms with Crippen molar-refractivity contribution in [2.24, 2.45) is 0 Å². The molecular formula is C14H10F2N2O5. The Hall–Kier alpha value is -2.94. The molecule has 9 heteroatoms. The SMILES string of the molecule is O=[N+]([O-])c1cc(COCc2ccc(F)c([N+](=O)[O-])c2)ccc1F. The van der Waals surface area contributed by atoms with Gasteiger partial charge in [-0.3, -0.25) is 20.2 Å². The topological polar surface area (TPSA) is 95.5 Å². The molecular weight excluding hydrogens is 314 g/mol. The molecule has 0 N–H and O–H groups in total. The molecule has 0 aliphatic carbocycles. The second-order valence-corrected chi connectivity index (χ2v) is 4.58. The molecule has 0 aromatic heterocycles. The van der Waals surface area contributed by atoms with E-state index in [2.05, 4.69) is 0 Å². The maximum absolute atomic E-state index is 13.2. The van der Waals surface area contributed by atoms with Crippen LogP contribution in [0.3, 0.4) is 0 Å². The summed E-state index contributed by atoms with van der Waals surface area (Å²) in [4.78, 5) is 19.6. The molecule has 0 aliphatic rings. The molecule has 0 atom stereocenters. The minimum atomic E-state index is -0.951. The van der Waals surface area contributed by atoms with Crippen molar-refractivity contribution < 1.29 is 23.4 Å². The fraction of sp³-hybridized carbons (Fsp3) is 0.143. The molecule has 2 aromatic carbocycles. The van der Waals surface area contributed by atoms with E-state index in [1.165, 1.54) is 12.1 Å². The summed E-state index contributed by atoms with van der Waals surface area (Å²) >= 11 is 0. The van der Waals surface area contributed by atoms with Crippen molar-refractivity contribution in [1.29, 1.82) is 0 Å². The van der Waals surface area contributed by atoms with Crippen molar-refractivity contribution in [2.75, 3.05) is 0 Å². The third-order valence-electron chi connectivity index (χ3n) is 2.95. The third-order valence-corrected chi connectivity index (χ3v) is 2.95. The van der Waals surface area contributed by atoms with Gasteiger partial charge in [0.05, 0.1) is 23.1 Å². The molecule has 0 fully saturated rings. The lowest BCUT2D eigenvalue weighted by Crippen LogP contribution is -1.99. The number of nitro groups is 2. The Kier molecular flexibility index (Phi) is 4.91. The number of rotatable bonds is 6. The number of hydrogen-bond acceptors (Lipinski definition) is 5. The second-order valence-electron chi connectivity index (χ2n) is 4.58. The monoisotopic (exact) mass is 324 g/mol. The van der Waals surface area contributed by atoms with E-state index >= 15 is 0 Å². The molecule has 2 rings (SSSR count). The highest BCUT2D eigenvalue weighted by Gasteiger charge is 2.15. The first-order chi connectivity index (χ1) is 10.9. The smallest absolute Gasteiger partial charge is 0.305 e. The van der Waals surface area contributed by atoms with Crippen molar-refractivity contribution in [3.05, 3.63) is 79.4 Å². The summed E-state index contributed by atoms with van der Waals surface area (Å²) in [5, 5.41) is 21.3. The lowest BCUT2D eigenvalue weighted by atomic mass is 10.2. The Labute approximate surface area is 128 Å². The van der Waals surface area contributed by atoms with Crippen LogP contribution in [0, 0.1) is 31.9 Å². The van der Waals surface area contributed by atoms with Crippen LogP contribution >= 0.6 is 0 Å². The minimum absolute atomic E-state index is 0.0632. The molecule has 0 aliphatic heterocycles. The van der Waals surface area contributed by atoms with Crippen molar-refractivity contribution in [2.45, 2.75) is 13.2 Å². The first kappa shape index (κ1) is 16.4. The molecule has 0 heterocycles. The van der Waals surface area contributed by atoms with Gasteiger partial charge >= 0.3 is 11.4 Å². The van der Waals surface area contributed by atoms with E-state index in [9.17, 15) is 29.0 Å². The highest BCUT2D eigenvalue weighted by molar-refractivity contribution is 5.37. The van der Waals surface area contributed by atoms with E-state index in [1.807, 2.05) is 0 Å². The van der Waals surface area contributed by atoms with Crippen molar-refractivity contribution in [3.63, 3.8) is 0 Å². The van der Waals surface area contributed by atoms with Gasteiger partial charge in [-0.2, -0.15) is 8.78 Å². The Morgan fingerprint density at radius 3 is 1.57 bits per heavy atom. The van der Waals surface area contributed by atoms with Crippen LogP contribution in [0.2, 0.25) is 0 Å². The average molecular weight is 324 g/mol. The van der Waals surface area contributed by atoms with Crippen LogP contribution in [0.5, 0.6) is 0 Å². The summed E-state index contributed by atoms with van der Waals surface area (Å²) in [7, 11) is 0. The van der Waals surface area contributed by atoms with Crippen LogP contribution in [0.1, 0.15) is 11.1 Å². The second kappa shape index (κ2) is 6.88. The Morgan fingerprint density at radius 1 is 0.826 bits per heavy atom. The summed E-state index contributed by atoms with van der Waals surface area (Å²) < 4.78 is 31.6. The largest absolute Gasteiger partial charge is 0.372 e. The van der Waals surface area contributed by atoms with Crippen molar-refractivity contribution in [3.8, 4) is 0 Å². The summed E-state index contributed by atoms with van der Waals surface area (Å²) in [6.07, 6.45) is 0. The lowest BCUT2D eigenvalue weighted by Gasteiger charge is -2.05. The molecule has 2 aromatic rings. The fourth-order valence-corrected chi connectivity index (χ4v) is 1.86. The molecule has 0 amide bonds. The molecule has 0 saturated carbocycles. The zero-order valence-electron chi connectivity index (χ0n) is 11.6. The van der Waals surface area contributed by atoms with Crippen LogP contribution in [0.4, 0.5) is 20.2 Å². The predicted octanol–water partition coefficient (Wildman–Crippen LogP) is 3.50. The van der Waals surface area contributed by atoms with Gasteiger partial charge in [0.15, 0.2) is 0 Å². The van der Waals surface area contributed by atoms with Crippen LogP contribution in [-0.4, -0.2) is 9.85 Å². The van der Waals surface area contributed by atoms with Gasteiger partial charge in [-0.15, -0.1) is 0 Å². The molecule has 0 unspecified atom stereocenters. The molecule has 120 valence electrons. The van der Waals surface area contributed by atoms with E-state index in [0.717, 1.165) is 24.3 Å². The summed E-state index contributed by atoms with van der Waals surface area (Å²) in [5.74, 6) is -1.90. The quantitative estimate of drug-likeness (QED) is 0.598. The van der Waals surface area contributed by atoms with Gasteiger partial charge in [0.2, 0.25) is 11.6 Å². The summed E-state index contributed by atoms with van der Waals surface area (Å²) in [5.41, 5.74) is -0.587. The first-order valence-electron chi connectivity index (χ1n) is 6.32. The van der Waals surface area contributed by atoms with E-state index in [4.69, 9.17) is 4.74 Å². The van der Waals surface area contributed by atoms with Gasteiger partial charge in [0.1, 0.15) is 0 Å². The predicted molar refractivity (Wildman–Crippen MR) is 74.6 cm³/mol. The molecule has 0 radical (unpaired) electrons. The van der Waals surface area contributed by atoms with E-state index in [1.54, 1.807) is 0 Å². The van der Waals surface area contributed by atoms with E-state index < -0.39 is 32.9 Å². The Bertz CT molecular complexity index is 703. The van der Waals surface area contributed by atoms with Gasteiger partial charge in [-0.25, -0.2) is 0 Å². The number of hydrogen-bond donors (Lipinski definition) is 0. The zero-order chi connectivity index (χ0) is 17.0. The van der Waals surface area contributed by atoms with Crippen molar-refractivity contribution >= 4 is 11.4 Å². The highest BCUT2D eigenvalue weighted by Crippen LogP contribution is 2.21. The summed E-state index contributed by atoms with van der Waals surface area (Å²) in [6.45, 7) is -0.126. The summed E-state index contributed by atoms with van der Waals surface area (Å²) in [6, 6.07) is 6.66. The number of nitro benzene ring substituents is 2. The van der Waals surface area contributed by atoms with Gasteiger partial charge < -0.3 is 4.74 Å². The van der Waals surface area contributed by atoms with Crippen LogP contribution in [0.15, 0.2) is 36.4 Å². The standard InChI is InChI=1S/C14H10F2N2O5/c15-11-3-1-9(5-13(11)17(19)20)7-23-8-10-2-4-12(16)14(6-10)18(21)22/h1-6H,7-8H2. The fourth-order valence-electron chi connectivity index (χ4n) is 1.86. The van der Waals surface area contributed by atoms with Gasteiger partial charge in [-0.05, 0) is 23.3 Å².